The van der Waals surface area contributed by atoms with Gasteiger partial charge < -0.3 is 10.2 Å². The van der Waals surface area contributed by atoms with Gasteiger partial charge in [0.2, 0.25) is 0 Å². The first-order valence-corrected chi connectivity index (χ1v) is 10.6. The smallest absolute Gasteiger partial charge is 0.148 e. The number of aliphatic hydroxyl groups excluding tert-OH is 1. The van der Waals surface area contributed by atoms with Crippen molar-refractivity contribution in [3.05, 3.63) is 35.9 Å². The van der Waals surface area contributed by atoms with Crippen molar-refractivity contribution in [1.29, 1.82) is 0 Å². The van der Waals surface area contributed by atoms with Gasteiger partial charge in [-0.25, -0.2) is 0 Å². The zero-order valence-electron chi connectivity index (χ0n) is 16.7. The summed E-state index contributed by atoms with van der Waals surface area (Å²) in [4.78, 5) is 0. The Bertz CT molecular complexity index is 500. The van der Waals surface area contributed by atoms with Crippen molar-refractivity contribution in [3.63, 3.8) is 0 Å². The number of rotatable bonds is 14. The van der Waals surface area contributed by atoms with Crippen LogP contribution in [0.5, 0.6) is 0 Å². The van der Waals surface area contributed by atoms with E-state index >= 15 is 0 Å². The summed E-state index contributed by atoms with van der Waals surface area (Å²) in [7, 11) is 0. The van der Waals surface area contributed by atoms with Crippen LogP contribution in [0, 0.1) is 11.8 Å². The minimum atomic E-state index is -1.27. The Hall–Kier alpha value is -1.30. The molecule has 0 aromatic heterocycles. The second-order valence-electron chi connectivity index (χ2n) is 7.44. The minimum Gasteiger partial charge on any atom is -0.392 e. The van der Waals surface area contributed by atoms with Gasteiger partial charge in [0.1, 0.15) is 5.60 Å². The highest BCUT2D eigenvalue weighted by Crippen LogP contribution is 2.17. The lowest BCUT2D eigenvalue weighted by molar-refractivity contribution is 0.0267. The van der Waals surface area contributed by atoms with Gasteiger partial charge in [0, 0.05) is 5.56 Å². The topological polar surface area (TPSA) is 40.5 Å². The largest absolute Gasteiger partial charge is 0.392 e. The fourth-order valence-corrected chi connectivity index (χ4v) is 3.15. The van der Waals surface area contributed by atoms with Crippen molar-refractivity contribution in [2.75, 3.05) is 6.61 Å². The number of hydrogen-bond donors (Lipinski definition) is 2. The zero-order chi connectivity index (χ0) is 18.9. The Morgan fingerprint density at radius 1 is 0.769 bits per heavy atom. The second-order valence-corrected chi connectivity index (χ2v) is 7.44. The lowest BCUT2D eigenvalue weighted by Gasteiger charge is -2.19. The van der Waals surface area contributed by atoms with Gasteiger partial charge in [0.15, 0.2) is 0 Å². The zero-order valence-corrected chi connectivity index (χ0v) is 16.7. The van der Waals surface area contributed by atoms with Crippen molar-refractivity contribution < 1.29 is 10.2 Å². The molecule has 1 rings (SSSR count). The molecule has 0 heterocycles. The predicted octanol–water partition coefficient (Wildman–Crippen LogP) is 5.85. The molecule has 1 atom stereocenters. The normalized spacial score (nSPS) is 13.0. The van der Waals surface area contributed by atoms with Crippen LogP contribution in [-0.4, -0.2) is 22.4 Å². The molecule has 0 fully saturated rings. The van der Waals surface area contributed by atoms with Gasteiger partial charge in [-0.1, -0.05) is 108 Å². The standard InChI is InChI=1S/C24H38O2/c1-2-3-4-5-6-7-8-9-10-11-12-16-20-24(26,22-25)21-19-23-17-14-13-15-18-23/h13-15,17-18,25-26H,2-12,16,20,22H2,1H3. The Kier molecular flexibility index (Phi) is 13.0. The van der Waals surface area contributed by atoms with E-state index in [2.05, 4.69) is 18.8 Å². The van der Waals surface area contributed by atoms with Crippen LogP contribution in [0.15, 0.2) is 30.3 Å². The first-order valence-electron chi connectivity index (χ1n) is 10.6. The molecule has 1 aromatic carbocycles. The quantitative estimate of drug-likeness (QED) is 0.323. The van der Waals surface area contributed by atoms with Gasteiger partial charge in [-0.2, -0.15) is 0 Å². The predicted molar refractivity (Wildman–Crippen MR) is 111 cm³/mol. The molecule has 0 saturated carbocycles. The summed E-state index contributed by atoms with van der Waals surface area (Å²) in [6.07, 6.45) is 16.0. The van der Waals surface area contributed by atoms with Crippen LogP contribution in [-0.2, 0) is 0 Å². The summed E-state index contributed by atoms with van der Waals surface area (Å²) in [5, 5.41) is 19.9. The van der Waals surface area contributed by atoms with E-state index in [1.165, 1.54) is 64.2 Å². The molecule has 2 N–H and O–H groups in total. The van der Waals surface area contributed by atoms with Crippen LogP contribution in [0.25, 0.3) is 0 Å². The van der Waals surface area contributed by atoms with Crippen molar-refractivity contribution in [3.8, 4) is 11.8 Å². The van der Waals surface area contributed by atoms with Crippen LogP contribution >= 0.6 is 0 Å². The van der Waals surface area contributed by atoms with Crippen molar-refractivity contribution in [1.82, 2.24) is 0 Å². The second kappa shape index (κ2) is 14.8. The van der Waals surface area contributed by atoms with Crippen LogP contribution in [0.1, 0.15) is 96.0 Å². The van der Waals surface area contributed by atoms with E-state index in [9.17, 15) is 10.2 Å². The van der Waals surface area contributed by atoms with Gasteiger partial charge in [-0.05, 0) is 25.0 Å². The summed E-state index contributed by atoms with van der Waals surface area (Å²) in [5.74, 6) is 5.83. The fraction of sp³-hybridized carbons (Fsp3) is 0.667. The van der Waals surface area contributed by atoms with Crippen LogP contribution in [0.2, 0.25) is 0 Å². The molecular formula is C24H38O2. The first kappa shape index (κ1) is 22.7. The number of hydrogen-bond acceptors (Lipinski definition) is 2. The Morgan fingerprint density at radius 2 is 1.27 bits per heavy atom. The molecule has 0 saturated heterocycles. The van der Waals surface area contributed by atoms with Crippen molar-refractivity contribution in [2.45, 2.75) is 96.0 Å². The average Bonchev–Trinajstić information content (AvgIpc) is 2.68. The van der Waals surface area contributed by atoms with Crippen LogP contribution < -0.4 is 0 Å². The molecule has 0 amide bonds. The molecule has 0 spiro atoms. The molecule has 0 aliphatic heterocycles. The summed E-state index contributed by atoms with van der Waals surface area (Å²) in [5.41, 5.74) is -0.400. The molecule has 2 nitrogen and oxygen atoms in total. The van der Waals surface area contributed by atoms with Crippen molar-refractivity contribution >= 4 is 0 Å². The van der Waals surface area contributed by atoms with E-state index in [0.717, 1.165) is 18.4 Å². The van der Waals surface area contributed by atoms with Gasteiger partial charge in [0.05, 0.1) is 6.61 Å². The third-order valence-corrected chi connectivity index (χ3v) is 4.92. The third kappa shape index (κ3) is 11.3. The lowest BCUT2D eigenvalue weighted by atomic mass is 9.96. The van der Waals surface area contributed by atoms with E-state index in [4.69, 9.17) is 0 Å². The van der Waals surface area contributed by atoms with E-state index in [1.54, 1.807) is 0 Å². The summed E-state index contributed by atoms with van der Waals surface area (Å²) >= 11 is 0. The Labute approximate surface area is 161 Å². The molecule has 0 aliphatic rings. The van der Waals surface area contributed by atoms with Gasteiger partial charge in [-0.15, -0.1) is 0 Å². The summed E-state index contributed by atoms with van der Waals surface area (Å²) in [6.45, 7) is 1.96. The Balaban J connectivity index is 2.07. The summed E-state index contributed by atoms with van der Waals surface area (Å²) < 4.78 is 0. The number of benzene rings is 1. The van der Waals surface area contributed by atoms with E-state index in [0.29, 0.717) is 6.42 Å². The highest BCUT2D eigenvalue weighted by atomic mass is 16.3. The maximum absolute atomic E-state index is 10.4. The van der Waals surface area contributed by atoms with E-state index in [1.807, 2.05) is 30.3 Å². The highest BCUT2D eigenvalue weighted by Gasteiger charge is 2.22. The van der Waals surface area contributed by atoms with Crippen LogP contribution in [0.4, 0.5) is 0 Å². The molecule has 0 aliphatic carbocycles. The average molecular weight is 359 g/mol. The van der Waals surface area contributed by atoms with Gasteiger partial charge >= 0.3 is 0 Å². The molecule has 1 aromatic rings. The van der Waals surface area contributed by atoms with Gasteiger partial charge in [-0.3, -0.25) is 0 Å². The molecular weight excluding hydrogens is 320 g/mol. The van der Waals surface area contributed by atoms with E-state index in [-0.39, 0.29) is 6.61 Å². The van der Waals surface area contributed by atoms with Crippen molar-refractivity contribution in [2.24, 2.45) is 0 Å². The van der Waals surface area contributed by atoms with Gasteiger partial charge in [0.25, 0.3) is 0 Å². The molecule has 146 valence electrons. The third-order valence-electron chi connectivity index (χ3n) is 4.92. The molecule has 0 bridgehead atoms. The first-order chi connectivity index (χ1) is 12.7. The van der Waals surface area contributed by atoms with Crippen LogP contribution in [0.3, 0.4) is 0 Å². The number of unbranched alkanes of at least 4 members (excludes halogenated alkanes) is 11. The Morgan fingerprint density at radius 3 is 1.77 bits per heavy atom. The lowest BCUT2D eigenvalue weighted by Crippen LogP contribution is -2.31. The molecule has 26 heavy (non-hydrogen) atoms. The fourth-order valence-electron chi connectivity index (χ4n) is 3.15. The maximum atomic E-state index is 10.4. The highest BCUT2D eigenvalue weighted by molar-refractivity contribution is 5.35. The summed E-state index contributed by atoms with van der Waals surface area (Å²) in [6, 6.07) is 9.61. The SMILES string of the molecule is CCCCCCCCCCCCCCC(O)(C#Cc1ccccc1)CO. The van der Waals surface area contributed by atoms with E-state index < -0.39 is 5.60 Å². The molecule has 0 radical (unpaired) electrons. The molecule has 2 heteroatoms. The monoisotopic (exact) mass is 358 g/mol. The number of aliphatic hydroxyl groups is 2. The minimum absolute atomic E-state index is 0.301. The maximum Gasteiger partial charge on any atom is 0.148 e. The molecule has 1 unspecified atom stereocenters.